The summed E-state index contributed by atoms with van der Waals surface area (Å²) < 4.78 is 24.4. The molecule has 16 heteroatoms. The van der Waals surface area contributed by atoms with Gasteiger partial charge in [-0.05, 0) is 121 Å². The number of nitrogens with one attached hydrogen (secondary N) is 2. The summed E-state index contributed by atoms with van der Waals surface area (Å²) in [5.41, 5.74) is 3.93. The van der Waals surface area contributed by atoms with Crippen molar-refractivity contribution in [2.75, 3.05) is 17.7 Å². The number of nitrogens with zero attached hydrogens (tertiary/aromatic N) is 6. The molecular formula is C61H78N8O8. The summed E-state index contributed by atoms with van der Waals surface area (Å²) in [6.45, 7) is 14.4. The Labute approximate surface area is 452 Å². The number of benzene rings is 3. The Morgan fingerprint density at radius 2 is 0.974 bits per heavy atom. The molecule has 11 rings (SSSR count). The van der Waals surface area contributed by atoms with Crippen molar-refractivity contribution in [3.8, 4) is 11.5 Å². The molecular weight excluding hydrogens is 973 g/mol. The summed E-state index contributed by atoms with van der Waals surface area (Å²) in [6, 6.07) is 25.7. The Morgan fingerprint density at radius 3 is 1.34 bits per heavy atom. The molecule has 2 amide bonds. The van der Waals surface area contributed by atoms with Gasteiger partial charge >= 0.3 is 0 Å². The molecule has 0 bridgehead atoms. The normalized spacial score (nSPS) is 15.4. The molecule has 0 spiro atoms. The van der Waals surface area contributed by atoms with Gasteiger partial charge in [-0.2, -0.15) is 10.2 Å². The third-order valence-corrected chi connectivity index (χ3v) is 13.8. The Hall–Kier alpha value is -7.33. The number of carbonyl (C=O) groups excluding carboxylic acids is 3. The number of hydrogen-bond donors (Lipinski definition) is 2. The van der Waals surface area contributed by atoms with Gasteiger partial charge in [0.15, 0.2) is 0 Å². The molecule has 3 aromatic carbocycles. The summed E-state index contributed by atoms with van der Waals surface area (Å²) >= 11 is 0. The highest BCUT2D eigenvalue weighted by Crippen LogP contribution is 2.36. The van der Waals surface area contributed by atoms with Gasteiger partial charge in [-0.1, -0.05) is 82.7 Å². The number of fused-ring (bicyclic) bond motifs is 2. The largest absolute Gasteiger partial charge is 0.490 e. The van der Waals surface area contributed by atoms with Crippen molar-refractivity contribution >= 4 is 51.8 Å². The van der Waals surface area contributed by atoms with Gasteiger partial charge in [0, 0.05) is 66.9 Å². The van der Waals surface area contributed by atoms with Crippen molar-refractivity contribution in [3.63, 3.8) is 0 Å². The number of hydrogen-bond acceptors (Lipinski definition) is 10. The molecule has 2 N–H and O–H groups in total. The molecule has 0 unspecified atom stereocenters. The Bertz CT molecular complexity index is 2970. The minimum atomic E-state index is -0.349. The van der Waals surface area contributed by atoms with Crippen LogP contribution in [0.1, 0.15) is 182 Å². The van der Waals surface area contributed by atoms with E-state index in [0.29, 0.717) is 41.3 Å². The number of anilines is 2. The quantitative estimate of drug-likeness (QED) is 0.106. The Kier molecular flexibility index (Phi) is 20.6. The monoisotopic (exact) mass is 1050 g/mol. The molecule has 7 aromatic rings. The van der Waals surface area contributed by atoms with Crippen molar-refractivity contribution < 1.29 is 28.6 Å². The summed E-state index contributed by atoms with van der Waals surface area (Å²) in [5, 5.41) is 17.0. The van der Waals surface area contributed by atoms with Gasteiger partial charge in [0.2, 0.25) is 0 Å². The first-order chi connectivity index (χ1) is 37.4. The smallest absolute Gasteiger partial charge is 0.274 e. The molecule has 4 saturated carbocycles. The summed E-state index contributed by atoms with van der Waals surface area (Å²) in [5.74, 6) is 0.270. The molecule has 4 heterocycles. The van der Waals surface area contributed by atoms with Crippen LogP contribution in [-0.4, -0.2) is 66.6 Å². The van der Waals surface area contributed by atoms with Crippen LogP contribution in [0.3, 0.4) is 0 Å². The number of aromatic nitrogens is 6. The van der Waals surface area contributed by atoms with E-state index in [1.807, 2.05) is 115 Å². The van der Waals surface area contributed by atoms with Crippen molar-refractivity contribution in [2.45, 2.75) is 174 Å². The van der Waals surface area contributed by atoms with Gasteiger partial charge in [0.1, 0.15) is 29.7 Å². The van der Waals surface area contributed by atoms with E-state index in [0.717, 1.165) is 73.2 Å². The predicted molar refractivity (Wildman–Crippen MR) is 305 cm³/mol. The molecule has 4 fully saturated rings. The number of carbonyl (C=O) groups is 3. The fraction of sp³-hybridized carbons (Fsp3) is 0.459. The topological polar surface area (TPSA) is 183 Å². The van der Waals surface area contributed by atoms with Crippen molar-refractivity contribution in [1.29, 1.82) is 0 Å². The Morgan fingerprint density at radius 1 is 0.571 bits per heavy atom. The lowest BCUT2D eigenvalue weighted by atomic mass is 9.96. The minimum Gasteiger partial charge on any atom is -0.490 e. The van der Waals surface area contributed by atoms with E-state index in [9.17, 15) is 19.2 Å². The van der Waals surface area contributed by atoms with Crippen molar-refractivity contribution in [1.82, 2.24) is 28.7 Å². The zero-order valence-electron chi connectivity index (χ0n) is 46.0. The maximum atomic E-state index is 13.3. The lowest BCUT2D eigenvalue weighted by Crippen LogP contribution is -2.25. The van der Waals surface area contributed by atoms with Crippen LogP contribution in [0.2, 0.25) is 0 Å². The molecule has 4 aromatic heterocycles. The standard InChI is InChI=1S/2C25H30N4O3.C8H10O.C2H6.CH2O/c2*1-16(2)32-23-14-22-17(15-29(27-22)19-7-4-3-5-8-19)13-20(23)24(30)26-21-9-6-12-28(25(21)31)18-10-11-18;1-9-7-8-5-3-2-4-6-8;2*1-2/h2*6,9,12-16,18-19H,3-5,7-8,10-11H2,1-2H3,(H,26,30);2-6H,7H2,1H3;1-2H3;1H2. The van der Waals surface area contributed by atoms with Gasteiger partial charge < -0.3 is 38.8 Å². The SMILES string of the molecule is C=O.CC.CC(C)Oc1cc2nn(C3CCCCC3)cc2cc1C(=O)Nc1cccn(C2CC2)c1=O.CC(C)Oc1cc2nn(C3CCCCC3)cc2cc1C(=O)Nc1cccn(C2CC2)c1=O.COCc1ccccc1. The van der Waals surface area contributed by atoms with E-state index in [4.69, 9.17) is 29.2 Å². The lowest BCUT2D eigenvalue weighted by molar-refractivity contribution is -0.0980. The average molecular weight is 1050 g/mol. The third kappa shape index (κ3) is 15.2. The van der Waals surface area contributed by atoms with Gasteiger partial charge in [0.25, 0.3) is 22.9 Å². The molecule has 410 valence electrons. The summed E-state index contributed by atoms with van der Waals surface area (Å²) in [4.78, 5) is 60.1. The highest BCUT2D eigenvalue weighted by molar-refractivity contribution is 6.09. The van der Waals surface area contributed by atoms with Gasteiger partial charge in [-0.25, -0.2) is 0 Å². The van der Waals surface area contributed by atoms with E-state index in [-0.39, 0.29) is 58.6 Å². The second-order valence-electron chi connectivity index (χ2n) is 20.5. The van der Waals surface area contributed by atoms with E-state index in [1.54, 1.807) is 52.9 Å². The first-order valence-corrected chi connectivity index (χ1v) is 27.7. The van der Waals surface area contributed by atoms with E-state index in [1.165, 1.54) is 44.1 Å². The third-order valence-electron chi connectivity index (χ3n) is 13.8. The van der Waals surface area contributed by atoms with Crippen LogP contribution in [0.4, 0.5) is 11.4 Å². The number of methoxy groups -OCH3 is 1. The minimum absolute atomic E-state index is 0.0942. The second kappa shape index (κ2) is 27.6. The van der Waals surface area contributed by atoms with Crippen molar-refractivity contribution in [3.05, 3.63) is 141 Å². The molecule has 0 atom stereocenters. The van der Waals surface area contributed by atoms with Gasteiger partial charge in [0.05, 0.1) is 53.1 Å². The molecule has 77 heavy (non-hydrogen) atoms. The van der Waals surface area contributed by atoms with Crippen LogP contribution >= 0.6 is 0 Å². The fourth-order valence-electron chi connectivity index (χ4n) is 9.88. The Balaban J connectivity index is 0.000000182. The average Bonchev–Trinajstić information content (AvgIpc) is 4.39. The number of amides is 2. The number of ether oxygens (including phenoxy) is 3. The first kappa shape index (κ1) is 57.4. The molecule has 0 aliphatic heterocycles. The van der Waals surface area contributed by atoms with Crippen LogP contribution < -0.4 is 31.2 Å². The van der Waals surface area contributed by atoms with Crippen LogP contribution in [-0.2, 0) is 16.1 Å². The molecule has 4 aliphatic carbocycles. The summed E-state index contributed by atoms with van der Waals surface area (Å²) in [7, 11) is 1.70. The number of pyridine rings is 2. The van der Waals surface area contributed by atoms with E-state index >= 15 is 0 Å². The predicted octanol–water partition coefficient (Wildman–Crippen LogP) is 12.8. The molecule has 0 radical (unpaired) electrons. The van der Waals surface area contributed by atoms with Crippen LogP contribution in [0.25, 0.3) is 21.8 Å². The fourth-order valence-corrected chi connectivity index (χ4v) is 9.88. The highest BCUT2D eigenvalue weighted by atomic mass is 16.5. The highest BCUT2D eigenvalue weighted by Gasteiger charge is 2.28. The van der Waals surface area contributed by atoms with Crippen LogP contribution in [0.15, 0.2) is 113 Å². The van der Waals surface area contributed by atoms with E-state index in [2.05, 4.69) is 20.0 Å². The van der Waals surface area contributed by atoms with Gasteiger partial charge in [-0.3, -0.25) is 28.5 Å². The van der Waals surface area contributed by atoms with Crippen LogP contribution in [0, 0.1) is 0 Å². The first-order valence-electron chi connectivity index (χ1n) is 27.7. The molecule has 0 saturated heterocycles. The van der Waals surface area contributed by atoms with Gasteiger partial charge in [-0.15, -0.1) is 0 Å². The van der Waals surface area contributed by atoms with Crippen molar-refractivity contribution in [2.24, 2.45) is 0 Å². The molecule has 16 nitrogen and oxygen atoms in total. The summed E-state index contributed by atoms with van der Waals surface area (Å²) in [6.07, 6.45) is 23.5. The number of rotatable bonds is 14. The maximum absolute atomic E-state index is 13.3. The zero-order valence-corrected chi connectivity index (χ0v) is 46.0. The molecule has 4 aliphatic rings. The second-order valence-corrected chi connectivity index (χ2v) is 20.5. The lowest BCUT2D eigenvalue weighted by Gasteiger charge is -2.21. The van der Waals surface area contributed by atoms with E-state index < -0.39 is 0 Å². The maximum Gasteiger partial charge on any atom is 0.274 e. The van der Waals surface area contributed by atoms with Crippen LogP contribution in [0.5, 0.6) is 11.5 Å². The zero-order chi connectivity index (χ0) is 55.0.